The van der Waals surface area contributed by atoms with Crippen LogP contribution in [0.3, 0.4) is 0 Å². The van der Waals surface area contributed by atoms with Crippen LogP contribution in [0.1, 0.15) is 45.4 Å². The van der Waals surface area contributed by atoms with Crippen LogP contribution in [-0.4, -0.2) is 11.5 Å². The summed E-state index contributed by atoms with van der Waals surface area (Å²) >= 11 is 5.04. The van der Waals surface area contributed by atoms with Crippen molar-refractivity contribution >= 4 is 33.5 Å². The van der Waals surface area contributed by atoms with Crippen LogP contribution in [0, 0.1) is 0 Å². The van der Waals surface area contributed by atoms with Gasteiger partial charge in [-0.3, -0.25) is 4.79 Å². The number of Topliss-reactive ketones (excluding diaryl/α,β-unsaturated/α-hetero) is 1. The molecule has 0 N–H and O–H groups in total. The number of hydrogen-bond donors (Lipinski definition) is 0. The van der Waals surface area contributed by atoms with Gasteiger partial charge in [-0.1, -0.05) is 48.5 Å². The third-order valence-electron chi connectivity index (χ3n) is 2.77. The van der Waals surface area contributed by atoms with E-state index in [2.05, 4.69) is 22.9 Å². The number of thioether (sulfide) groups is 1. The molecule has 0 aliphatic rings. The molecule has 0 heterocycles. The lowest BCUT2D eigenvalue weighted by Gasteiger charge is -2.02. The second-order valence-corrected chi connectivity index (χ2v) is 6.41. The predicted octanol–water partition coefficient (Wildman–Crippen LogP) is 5.47. The molecule has 3 heteroatoms. The Morgan fingerprint density at radius 3 is 2.44 bits per heavy atom. The molecule has 100 valence electrons. The minimum Gasteiger partial charge on any atom is -0.299 e. The van der Waals surface area contributed by atoms with Crippen molar-refractivity contribution in [2.45, 2.75) is 50.3 Å². The van der Waals surface area contributed by atoms with Gasteiger partial charge >= 0.3 is 0 Å². The van der Waals surface area contributed by atoms with E-state index in [4.69, 9.17) is 0 Å². The smallest absolute Gasteiger partial charge is 0.143 e. The minimum atomic E-state index is 0.374. The van der Waals surface area contributed by atoms with Gasteiger partial charge in [0.25, 0.3) is 0 Å². The number of rotatable bonds is 9. The van der Waals surface area contributed by atoms with Crippen molar-refractivity contribution in [3.05, 3.63) is 28.7 Å². The van der Waals surface area contributed by atoms with Gasteiger partial charge in [0, 0.05) is 15.8 Å². The van der Waals surface area contributed by atoms with E-state index in [1.807, 2.05) is 24.3 Å². The number of ketones is 1. The molecular weight excluding hydrogens is 308 g/mol. The maximum atomic E-state index is 11.7. The van der Waals surface area contributed by atoms with E-state index in [1.165, 1.54) is 25.7 Å². The molecular formula is C15H21BrOS. The molecule has 18 heavy (non-hydrogen) atoms. The normalized spacial score (nSPS) is 10.6. The second-order valence-electron chi connectivity index (χ2n) is 4.45. The lowest BCUT2D eigenvalue weighted by Crippen LogP contribution is -2.00. The molecule has 0 aliphatic carbocycles. The highest BCUT2D eigenvalue weighted by atomic mass is 79.9. The van der Waals surface area contributed by atoms with E-state index in [9.17, 15) is 4.79 Å². The van der Waals surface area contributed by atoms with E-state index in [0.29, 0.717) is 11.5 Å². The topological polar surface area (TPSA) is 17.1 Å². The molecule has 0 bridgehead atoms. The Morgan fingerprint density at radius 1 is 1.11 bits per heavy atom. The molecule has 0 aromatic heterocycles. The Balaban J connectivity index is 2.11. The number of benzene rings is 1. The van der Waals surface area contributed by atoms with Crippen LogP contribution >= 0.6 is 27.7 Å². The molecule has 0 spiro atoms. The second kappa shape index (κ2) is 9.62. The number of hydrogen-bond acceptors (Lipinski definition) is 2. The fourth-order valence-corrected chi connectivity index (χ4v) is 2.76. The third-order valence-corrected chi connectivity index (χ3v) is 4.37. The molecule has 1 nitrogen and oxygen atoms in total. The lowest BCUT2D eigenvalue weighted by atomic mass is 10.1. The standard InChI is InChI=1S/C15H21BrOS/c1-2-3-4-5-6-7-14(17)12-18-15-10-8-13(16)9-11-15/h8-11H,2-7,12H2,1H3. The van der Waals surface area contributed by atoms with E-state index >= 15 is 0 Å². The van der Waals surface area contributed by atoms with Gasteiger partial charge in [-0.15, -0.1) is 11.8 Å². The maximum Gasteiger partial charge on any atom is 0.143 e. The first-order valence-corrected chi connectivity index (χ1v) is 8.40. The molecule has 0 fully saturated rings. The molecule has 0 amide bonds. The maximum absolute atomic E-state index is 11.7. The fraction of sp³-hybridized carbons (Fsp3) is 0.533. The quantitative estimate of drug-likeness (QED) is 0.441. The van der Waals surface area contributed by atoms with Crippen LogP contribution in [0.2, 0.25) is 0 Å². The van der Waals surface area contributed by atoms with E-state index in [-0.39, 0.29) is 0 Å². The van der Waals surface area contributed by atoms with Gasteiger partial charge in [-0.25, -0.2) is 0 Å². The predicted molar refractivity (Wildman–Crippen MR) is 83.2 cm³/mol. The van der Waals surface area contributed by atoms with Gasteiger partial charge in [0.2, 0.25) is 0 Å². The SMILES string of the molecule is CCCCCCCC(=O)CSc1ccc(Br)cc1. The third kappa shape index (κ3) is 7.22. The van der Waals surface area contributed by atoms with Crippen molar-refractivity contribution in [1.29, 1.82) is 0 Å². The van der Waals surface area contributed by atoms with Gasteiger partial charge in [0.1, 0.15) is 5.78 Å². The molecule has 0 saturated carbocycles. The molecule has 0 saturated heterocycles. The Hall–Kier alpha value is -0.280. The Labute approximate surface area is 123 Å². The summed E-state index contributed by atoms with van der Waals surface area (Å²) in [5.74, 6) is 0.981. The van der Waals surface area contributed by atoms with Gasteiger partial charge in [0.05, 0.1) is 5.75 Å². The summed E-state index contributed by atoms with van der Waals surface area (Å²) in [6.07, 6.45) is 6.81. The summed E-state index contributed by atoms with van der Waals surface area (Å²) in [7, 11) is 0. The van der Waals surface area contributed by atoms with Gasteiger partial charge < -0.3 is 0 Å². The number of unbranched alkanes of at least 4 members (excludes halogenated alkanes) is 4. The molecule has 0 atom stereocenters. The van der Waals surface area contributed by atoms with Crippen molar-refractivity contribution in [2.24, 2.45) is 0 Å². The average molecular weight is 329 g/mol. The Kier molecular flexibility index (Phi) is 8.44. The van der Waals surface area contributed by atoms with Crippen LogP contribution in [-0.2, 0) is 4.79 Å². The highest BCUT2D eigenvalue weighted by Crippen LogP contribution is 2.21. The summed E-state index contributed by atoms with van der Waals surface area (Å²) in [5.41, 5.74) is 0. The first-order valence-electron chi connectivity index (χ1n) is 6.62. The Morgan fingerprint density at radius 2 is 1.78 bits per heavy atom. The molecule has 0 radical (unpaired) electrons. The van der Waals surface area contributed by atoms with Crippen molar-refractivity contribution < 1.29 is 4.79 Å². The van der Waals surface area contributed by atoms with Crippen LogP contribution in [0.5, 0.6) is 0 Å². The zero-order valence-electron chi connectivity index (χ0n) is 11.0. The van der Waals surface area contributed by atoms with E-state index in [1.54, 1.807) is 11.8 Å². The molecule has 0 unspecified atom stereocenters. The summed E-state index contributed by atoms with van der Waals surface area (Å²) in [5, 5.41) is 0. The summed E-state index contributed by atoms with van der Waals surface area (Å²) < 4.78 is 1.08. The van der Waals surface area contributed by atoms with Crippen molar-refractivity contribution in [1.82, 2.24) is 0 Å². The van der Waals surface area contributed by atoms with Gasteiger partial charge in [0.15, 0.2) is 0 Å². The first-order chi connectivity index (χ1) is 8.72. The fourth-order valence-electron chi connectivity index (χ4n) is 1.69. The lowest BCUT2D eigenvalue weighted by molar-refractivity contribution is -0.116. The zero-order chi connectivity index (χ0) is 13.2. The number of carbonyl (C=O) groups excluding carboxylic acids is 1. The number of carbonyl (C=O) groups is 1. The van der Waals surface area contributed by atoms with Gasteiger partial charge in [-0.05, 0) is 30.7 Å². The summed E-state index contributed by atoms with van der Waals surface area (Å²) in [6.45, 7) is 2.21. The zero-order valence-corrected chi connectivity index (χ0v) is 13.4. The molecule has 1 aromatic rings. The summed E-state index contributed by atoms with van der Waals surface area (Å²) in [6, 6.07) is 8.11. The minimum absolute atomic E-state index is 0.374. The highest BCUT2D eigenvalue weighted by Gasteiger charge is 2.03. The van der Waals surface area contributed by atoms with Crippen LogP contribution in [0.4, 0.5) is 0 Å². The molecule has 0 aliphatic heterocycles. The van der Waals surface area contributed by atoms with Crippen LogP contribution in [0.25, 0.3) is 0 Å². The molecule has 1 aromatic carbocycles. The van der Waals surface area contributed by atoms with Gasteiger partial charge in [-0.2, -0.15) is 0 Å². The Bertz CT molecular complexity index is 348. The monoisotopic (exact) mass is 328 g/mol. The van der Waals surface area contributed by atoms with Crippen LogP contribution in [0.15, 0.2) is 33.6 Å². The summed E-state index contributed by atoms with van der Waals surface area (Å²) in [4.78, 5) is 12.9. The van der Waals surface area contributed by atoms with E-state index in [0.717, 1.165) is 22.2 Å². The van der Waals surface area contributed by atoms with E-state index < -0.39 is 0 Å². The average Bonchev–Trinajstić information content (AvgIpc) is 2.38. The molecule has 1 rings (SSSR count). The highest BCUT2D eigenvalue weighted by molar-refractivity contribution is 9.10. The van der Waals surface area contributed by atoms with Crippen molar-refractivity contribution in [2.75, 3.05) is 5.75 Å². The van der Waals surface area contributed by atoms with Crippen molar-refractivity contribution in [3.63, 3.8) is 0 Å². The largest absolute Gasteiger partial charge is 0.299 e. The van der Waals surface area contributed by atoms with Crippen LogP contribution < -0.4 is 0 Å². The van der Waals surface area contributed by atoms with Crippen molar-refractivity contribution in [3.8, 4) is 0 Å². The number of halogens is 1. The first kappa shape index (κ1) is 15.8.